The van der Waals surface area contributed by atoms with Crippen molar-refractivity contribution in [2.75, 3.05) is 6.54 Å². The first-order chi connectivity index (χ1) is 7.33. The van der Waals surface area contributed by atoms with Gasteiger partial charge in [0.2, 0.25) is 0 Å². The second-order valence-electron chi connectivity index (χ2n) is 4.15. The molecule has 0 unspecified atom stereocenters. The fourth-order valence-electron chi connectivity index (χ4n) is 2.36. The molecule has 0 atom stereocenters. The Hall–Kier alpha value is -1.10. The maximum atomic E-state index is 11.6. The summed E-state index contributed by atoms with van der Waals surface area (Å²) in [5.74, 6) is 0.814. The van der Waals surface area contributed by atoms with E-state index in [9.17, 15) is 4.79 Å². The van der Waals surface area contributed by atoms with Crippen molar-refractivity contribution in [1.82, 2.24) is 14.8 Å². The van der Waals surface area contributed by atoms with Gasteiger partial charge in [0.15, 0.2) is 0 Å². The molecule has 5 nitrogen and oxygen atoms in total. The van der Waals surface area contributed by atoms with Crippen LogP contribution in [0.25, 0.3) is 0 Å². The van der Waals surface area contributed by atoms with E-state index in [1.165, 1.54) is 19.3 Å². The van der Waals surface area contributed by atoms with Crippen LogP contribution >= 0.6 is 0 Å². The Morgan fingerprint density at radius 3 is 2.80 bits per heavy atom. The van der Waals surface area contributed by atoms with E-state index in [0.717, 1.165) is 18.7 Å². The van der Waals surface area contributed by atoms with E-state index in [0.29, 0.717) is 19.0 Å². The zero-order valence-electron chi connectivity index (χ0n) is 8.91. The molecule has 15 heavy (non-hydrogen) atoms. The fourth-order valence-corrected chi connectivity index (χ4v) is 2.36. The second kappa shape index (κ2) is 4.61. The van der Waals surface area contributed by atoms with Gasteiger partial charge in [0.1, 0.15) is 5.82 Å². The third kappa shape index (κ3) is 2.12. The van der Waals surface area contributed by atoms with E-state index in [1.807, 2.05) is 4.57 Å². The molecule has 2 rings (SSSR count). The van der Waals surface area contributed by atoms with Gasteiger partial charge in [0.25, 0.3) is 0 Å². The Labute approximate surface area is 88.7 Å². The molecule has 1 aliphatic rings. The van der Waals surface area contributed by atoms with Crippen LogP contribution in [-0.4, -0.2) is 21.3 Å². The van der Waals surface area contributed by atoms with Crippen molar-refractivity contribution in [3.63, 3.8) is 0 Å². The van der Waals surface area contributed by atoms with Gasteiger partial charge >= 0.3 is 5.69 Å². The minimum atomic E-state index is -0.0784. The molecule has 5 heteroatoms. The summed E-state index contributed by atoms with van der Waals surface area (Å²) in [6.07, 6.45) is 6.58. The molecule has 1 aromatic rings. The second-order valence-corrected chi connectivity index (χ2v) is 4.15. The van der Waals surface area contributed by atoms with Crippen molar-refractivity contribution in [3.8, 4) is 0 Å². The Balaban J connectivity index is 2.24. The lowest BCUT2D eigenvalue weighted by Crippen LogP contribution is -2.26. The average molecular weight is 210 g/mol. The number of aromatic amines is 1. The monoisotopic (exact) mass is 210 g/mol. The summed E-state index contributed by atoms with van der Waals surface area (Å²) in [5, 5.41) is 6.55. The summed E-state index contributed by atoms with van der Waals surface area (Å²) < 4.78 is 1.81. The van der Waals surface area contributed by atoms with Crippen LogP contribution in [0.2, 0.25) is 0 Å². The van der Waals surface area contributed by atoms with Gasteiger partial charge in [0, 0.05) is 12.5 Å². The lowest BCUT2D eigenvalue weighted by Gasteiger charge is -2.23. The molecule has 1 aromatic heterocycles. The standard InChI is InChI=1S/C10H18N4O/c11-7-6-9-12-13-10(15)14(9)8-4-2-1-3-5-8/h8H,1-7,11H2,(H,13,15). The van der Waals surface area contributed by atoms with Crippen LogP contribution in [0.4, 0.5) is 0 Å². The molecule has 0 radical (unpaired) electrons. The summed E-state index contributed by atoms with van der Waals surface area (Å²) in [4.78, 5) is 11.6. The van der Waals surface area contributed by atoms with Crippen LogP contribution in [0.3, 0.4) is 0 Å². The van der Waals surface area contributed by atoms with Crippen LogP contribution < -0.4 is 11.4 Å². The number of nitrogens with two attached hydrogens (primary N) is 1. The van der Waals surface area contributed by atoms with Crippen LogP contribution in [0.5, 0.6) is 0 Å². The molecule has 0 amide bonds. The SMILES string of the molecule is NCCc1n[nH]c(=O)n1C1CCCCC1. The number of rotatable bonds is 3. The molecule has 0 bridgehead atoms. The first kappa shape index (κ1) is 10.4. The number of nitrogens with zero attached hydrogens (tertiary/aromatic N) is 2. The summed E-state index contributed by atoms with van der Waals surface area (Å²) in [5.41, 5.74) is 5.42. The normalized spacial score (nSPS) is 18.2. The molecule has 0 saturated heterocycles. The third-order valence-corrected chi connectivity index (χ3v) is 3.09. The van der Waals surface area contributed by atoms with E-state index in [1.54, 1.807) is 0 Å². The van der Waals surface area contributed by atoms with Crippen LogP contribution in [-0.2, 0) is 6.42 Å². The van der Waals surface area contributed by atoms with Crippen molar-refractivity contribution in [3.05, 3.63) is 16.3 Å². The maximum Gasteiger partial charge on any atom is 0.343 e. The Kier molecular flexibility index (Phi) is 3.20. The van der Waals surface area contributed by atoms with Crippen molar-refractivity contribution in [1.29, 1.82) is 0 Å². The van der Waals surface area contributed by atoms with E-state index in [2.05, 4.69) is 10.2 Å². The fraction of sp³-hybridized carbons (Fsp3) is 0.800. The first-order valence-corrected chi connectivity index (χ1v) is 5.69. The molecule has 0 aromatic carbocycles. The van der Waals surface area contributed by atoms with Gasteiger partial charge in [-0.25, -0.2) is 9.89 Å². The smallest absolute Gasteiger partial charge is 0.330 e. The number of hydrogen-bond acceptors (Lipinski definition) is 3. The predicted octanol–water partition coefficient (Wildman–Crippen LogP) is 0.578. The molecule has 1 heterocycles. The van der Waals surface area contributed by atoms with Crippen molar-refractivity contribution in [2.24, 2.45) is 5.73 Å². The van der Waals surface area contributed by atoms with Gasteiger partial charge in [-0.05, 0) is 19.4 Å². The Bertz CT molecular complexity index is 362. The molecular formula is C10H18N4O. The predicted molar refractivity (Wildman–Crippen MR) is 57.7 cm³/mol. The molecular weight excluding hydrogens is 192 g/mol. The number of nitrogens with one attached hydrogen (secondary N) is 1. The van der Waals surface area contributed by atoms with E-state index < -0.39 is 0 Å². The highest BCUT2D eigenvalue weighted by molar-refractivity contribution is 4.91. The van der Waals surface area contributed by atoms with Gasteiger partial charge in [-0.15, -0.1) is 0 Å². The molecule has 84 valence electrons. The van der Waals surface area contributed by atoms with E-state index in [4.69, 9.17) is 5.73 Å². The third-order valence-electron chi connectivity index (χ3n) is 3.09. The Morgan fingerprint density at radius 1 is 1.40 bits per heavy atom. The maximum absolute atomic E-state index is 11.6. The lowest BCUT2D eigenvalue weighted by atomic mass is 9.95. The molecule has 0 spiro atoms. The van der Waals surface area contributed by atoms with Gasteiger partial charge < -0.3 is 5.73 Å². The summed E-state index contributed by atoms with van der Waals surface area (Å²) in [7, 11) is 0. The molecule has 3 N–H and O–H groups in total. The topological polar surface area (TPSA) is 76.7 Å². The zero-order valence-corrected chi connectivity index (χ0v) is 8.91. The number of H-pyrrole nitrogens is 1. The summed E-state index contributed by atoms with van der Waals surface area (Å²) in [6, 6.07) is 0.339. The first-order valence-electron chi connectivity index (χ1n) is 5.69. The zero-order chi connectivity index (χ0) is 10.7. The highest BCUT2D eigenvalue weighted by Gasteiger charge is 2.20. The molecule has 1 fully saturated rings. The highest BCUT2D eigenvalue weighted by Crippen LogP contribution is 2.27. The van der Waals surface area contributed by atoms with Gasteiger partial charge in [-0.3, -0.25) is 4.57 Å². The van der Waals surface area contributed by atoms with E-state index >= 15 is 0 Å². The summed E-state index contributed by atoms with van der Waals surface area (Å²) in [6.45, 7) is 0.539. The van der Waals surface area contributed by atoms with Gasteiger partial charge in [0.05, 0.1) is 0 Å². The van der Waals surface area contributed by atoms with Gasteiger partial charge in [-0.1, -0.05) is 19.3 Å². The van der Waals surface area contributed by atoms with Crippen molar-refractivity contribution < 1.29 is 0 Å². The summed E-state index contributed by atoms with van der Waals surface area (Å²) >= 11 is 0. The molecule has 0 aliphatic heterocycles. The van der Waals surface area contributed by atoms with Crippen molar-refractivity contribution in [2.45, 2.75) is 44.6 Å². The minimum Gasteiger partial charge on any atom is -0.330 e. The molecule has 1 aliphatic carbocycles. The van der Waals surface area contributed by atoms with Crippen LogP contribution in [0.15, 0.2) is 4.79 Å². The molecule has 1 saturated carbocycles. The number of hydrogen-bond donors (Lipinski definition) is 2. The average Bonchev–Trinajstić information content (AvgIpc) is 2.62. The Morgan fingerprint density at radius 2 is 2.13 bits per heavy atom. The lowest BCUT2D eigenvalue weighted by molar-refractivity contribution is 0.339. The van der Waals surface area contributed by atoms with E-state index in [-0.39, 0.29) is 5.69 Å². The largest absolute Gasteiger partial charge is 0.343 e. The van der Waals surface area contributed by atoms with Crippen molar-refractivity contribution >= 4 is 0 Å². The quantitative estimate of drug-likeness (QED) is 0.766. The van der Waals surface area contributed by atoms with Crippen LogP contribution in [0, 0.1) is 0 Å². The minimum absolute atomic E-state index is 0.0784. The van der Waals surface area contributed by atoms with Gasteiger partial charge in [-0.2, -0.15) is 5.10 Å². The van der Waals surface area contributed by atoms with Crippen LogP contribution in [0.1, 0.15) is 44.0 Å². The highest BCUT2D eigenvalue weighted by atomic mass is 16.1. The number of aromatic nitrogens is 3.